The average Bonchev–Trinajstić information content (AvgIpc) is 2.98. The van der Waals surface area contributed by atoms with Crippen LogP contribution >= 0.6 is 0 Å². The SMILES string of the molecule is C=O.CC.CC(F)F.CCC1C/C(C)=C\C(C)=C/NC=NCCN1C1CCN(C(=O)c2ccc(F)cc2)CC1.CN. The van der Waals surface area contributed by atoms with Crippen molar-refractivity contribution in [1.29, 1.82) is 0 Å². The Morgan fingerprint density at radius 1 is 1.10 bits per heavy atom. The molecule has 1 unspecified atom stereocenters. The van der Waals surface area contributed by atoms with Gasteiger partial charge in [0.2, 0.25) is 6.43 Å². The zero-order chi connectivity index (χ0) is 31.8. The molecule has 0 saturated carbocycles. The van der Waals surface area contributed by atoms with Gasteiger partial charge in [0.1, 0.15) is 12.6 Å². The summed E-state index contributed by atoms with van der Waals surface area (Å²) in [6.45, 7) is 16.5. The first-order valence-electron chi connectivity index (χ1n) is 14.2. The van der Waals surface area contributed by atoms with Gasteiger partial charge in [0, 0.05) is 43.5 Å². The standard InChI is InChI=1S/C25H35FN4O.C2H4F2.C2H6.CH5N.CH2O/c1-4-23-16-19(2)15-20(3)17-28-18-27-11-14-30(23)24-9-12-29(13-10-24)25(31)21-5-7-22(26)8-6-21;1-2(3)4;3*1-2/h5-8,15,17-18,23-24H,4,9-14,16H2,1-3H3,(H,27,28);2H,1H3;1-2H3;2H2,1H3;1H2/b19-15-,20-17-;;;;. The Balaban J connectivity index is 0. The van der Waals surface area contributed by atoms with Crippen LogP contribution in [0, 0.1) is 5.82 Å². The molecule has 41 heavy (non-hydrogen) atoms. The highest BCUT2D eigenvalue weighted by Gasteiger charge is 2.30. The molecule has 3 N–H and O–H groups in total. The van der Waals surface area contributed by atoms with Gasteiger partial charge >= 0.3 is 0 Å². The molecule has 2 aliphatic rings. The van der Waals surface area contributed by atoms with E-state index in [4.69, 9.17) is 4.79 Å². The molecule has 2 aliphatic heterocycles. The molecule has 1 atom stereocenters. The number of likely N-dealkylation sites (tertiary alicyclic amines) is 1. The summed E-state index contributed by atoms with van der Waals surface area (Å²) in [6.07, 6.45) is 7.87. The van der Waals surface area contributed by atoms with Crippen molar-refractivity contribution in [2.45, 2.75) is 85.7 Å². The second-order valence-electron chi connectivity index (χ2n) is 9.13. The van der Waals surface area contributed by atoms with E-state index in [1.165, 1.54) is 30.3 Å². The number of rotatable bonds is 3. The van der Waals surface area contributed by atoms with E-state index >= 15 is 0 Å². The topological polar surface area (TPSA) is 91.0 Å². The van der Waals surface area contributed by atoms with Crippen LogP contribution in [0.3, 0.4) is 0 Å². The number of piperidine rings is 1. The van der Waals surface area contributed by atoms with E-state index in [1.807, 2.05) is 31.7 Å². The third-order valence-electron chi connectivity index (χ3n) is 6.25. The highest BCUT2D eigenvalue weighted by Crippen LogP contribution is 2.25. The molecule has 3 rings (SSSR count). The normalized spacial score (nSPS) is 20.5. The maximum atomic E-state index is 13.2. The molecule has 1 aromatic carbocycles. The molecule has 10 heteroatoms. The van der Waals surface area contributed by atoms with E-state index in [0.29, 0.717) is 17.6 Å². The van der Waals surface area contributed by atoms with Gasteiger partial charge in [-0.25, -0.2) is 13.2 Å². The van der Waals surface area contributed by atoms with Crippen molar-refractivity contribution in [2.75, 3.05) is 33.2 Å². The Morgan fingerprint density at radius 2 is 1.63 bits per heavy atom. The van der Waals surface area contributed by atoms with Crippen molar-refractivity contribution in [3.8, 4) is 0 Å². The van der Waals surface area contributed by atoms with E-state index in [2.05, 4.69) is 47.8 Å². The summed E-state index contributed by atoms with van der Waals surface area (Å²) in [6, 6.07) is 6.76. The highest BCUT2D eigenvalue weighted by atomic mass is 19.3. The van der Waals surface area contributed by atoms with E-state index in [1.54, 1.807) is 18.5 Å². The van der Waals surface area contributed by atoms with Gasteiger partial charge in [-0.1, -0.05) is 32.4 Å². The molecule has 7 nitrogen and oxygen atoms in total. The van der Waals surface area contributed by atoms with Crippen molar-refractivity contribution >= 4 is 19.0 Å². The van der Waals surface area contributed by atoms with Crippen LogP contribution in [0.25, 0.3) is 0 Å². The lowest BCUT2D eigenvalue weighted by Gasteiger charge is -2.42. The smallest absolute Gasteiger partial charge is 0.253 e. The minimum atomic E-state index is -2.17. The number of nitrogens with two attached hydrogens (primary N) is 1. The summed E-state index contributed by atoms with van der Waals surface area (Å²) in [4.78, 5) is 29.8. The summed E-state index contributed by atoms with van der Waals surface area (Å²) in [5.41, 5.74) is 7.64. The van der Waals surface area contributed by atoms with Crippen LogP contribution < -0.4 is 11.1 Å². The maximum Gasteiger partial charge on any atom is 0.253 e. The second kappa shape index (κ2) is 24.8. The number of nitrogens with one attached hydrogen (secondary N) is 1. The van der Waals surface area contributed by atoms with Crippen molar-refractivity contribution in [3.63, 3.8) is 0 Å². The summed E-state index contributed by atoms with van der Waals surface area (Å²) < 4.78 is 33.8. The Bertz CT molecular complexity index is 897. The third kappa shape index (κ3) is 16.8. The maximum absolute atomic E-state index is 13.2. The minimum Gasteiger partial charge on any atom is -0.353 e. The van der Waals surface area contributed by atoms with Gasteiger partial charge in [0.05, 0.1) is 12.9 Å². The number of benzene rings is 1. The monoisotopic (exact) mass is 583 g/mol. The molecule has 1 saturated heterocycles. The Labute approximate surface area is 245 Å². The fourth-order valence-electron chi connectivity index (χ4n) is 4.66. The first-order valence-corrected chi connectivity index (χ1v) is 14.2. The van der Waals surface area contributed by atoms with Crippen LogP contribution in [0.15, 0.2) is 52.7 Å². The predicted molar refractivity (Wildman–Crippen MR) is 165 cm³/mol. The first kappa shape index (κ1) is 40.2. The van der Waals surface area contributed by atoms with Gasteiger partial charge in [-0.05, 0) is 83.3 Å². The third-order valence-corrected chi connectivity index (χ3v) is 6.25. The van der Waals surface area contributed by atoms with Crippen LogP contribution in [0.1, 0.15) is 77.6 Å². The van der Waals surface area contributed by atoms with E-state index < -0.39 is 6.43 Å². The fraction of sp³-hybridized carbons (Fsp3) is 0.581. The van der Waals surface area contributed by atoms with E-state index in [0.717, 1.165) is 58.8 Å². The van der Waals surface area contributed by atoms with Gasteiger partial charge in [0.15, 0.2) is 0 Å². The average molecular weight is 584 g/mol. The molecule has 1 amide bonds. The lowest BCUT2D eigenvalue weighted by atomic mass is 9.95. The number of nitrogens with zero attached hydrogens (tertiary/aromatic N) is 3. The molecule has 0 bridgehead atoms. The molecular formula is C31H52F3N5O2. The number of carbonyl (C=O) groups excluding carboxylic acids is 2. The molecule has 1 fully saturated rings. The van der Waals surface area contributed by atoms with Gasteiger partial charge in [0.25, 0.3) is 5.91 Å². The van der Waals surface area contributed by atoms with Crippen LogP contribution in [0.2, 0.25) is 0 Å². The summed E-state index contributed by atoms with van der Waals surface area (Å²) in [7, 11) is 1.50. The lowest BCUT2D eigenvalue weighted by molar-refractivity contribution is -0.0980. The largest absolute Gasteiger partial charge is 0.353 e. The first-order chi connectivity index (χ1) is 19.7. The molecular weight excluding hydrogens is 531 g/mol. The number of allylic oxidation sites excluding steroid dienone is 2. The number of halogens is 3. The quantitative estimate of drug-likeness (QED) is 0.451. The summed E-state index contributed by atoms with van der Waals surface area (Å²) in [5, 5.41) is 3.15. The lowest BCUT2D eigenvalue weighted by Crippen LogP contribution is -2.51. The minimum absolute atomic E-state index is 0.00380. The van der Waals surface area contributed by atoms with Gasteiger partial charge in [-0.15, -0.1) is 0 Å². The molecule has 0 aliphatic carbocycles. The number of hydrogen-bond acceptors (Lipinski definition) is 6. The number of aliphatic imine (C=N–C) groups is 1. The number of alkyl halides is 2. The van der Waals surface area contributed by atoms with Crippen LogP contribution in [-0.2, 0) is 4.79 Å². The Kier molecular flexibility index (Phi) is 24.3. The molecule has 0 radical (unpaired) electrons. The van der Waals surface area contributed by atoms with Crippen LogP contribution in [-0.4, -0.2) is 80.6 Å². The number of amides is 1. The second-order valence-corrected chi connectivity index (χ2v) is 9.13. The predicted octanol–water partition coefficient (Wildman–Crippen LogP) is 6.07. The molecule has 0 spiro atoms. The van der Waals surface area contributed by atoms with Gasteiger partial charge in [-0.2, -0.15) is 0 Å². The Hall–Kier alpha value is -2.98. The number of carbonyl (C=O) groups is 2. The molecule has 234 valence electrons. The van der Waals surface area contributed by atoms with Gasteiger partial charge in [-0.3, -0.25) is 14.7 Å². The van der Waals surface area contributed by atoms with Crippen molar-refractivity contribution < 1.29 is 22.8 Å². The summed E-state index contributed by atoms with van der Waals surface area (Å²) >= 11 is 0. The van der Waals surface area contributed by atoms with Crippen LogP contribution in [0.4, 0.5) is 13.2 Å². The highest BCUT2D eigenvalue weighted by molar-refractivity contribution is 5.94. The van der Waals surface area contributed by atoms with Gasteiger partial charge < -0.3 is 20.7 Å². The molecule has 0 aromatic heterocycles. The fourth-order valence-corrected chi connectivity index (χ4v) is 4.66. The number of hydrogen-bond donors (Lipinski definition) is 2. The molecule has 1 aromatic rings. The van der Waals surface area contributed by atoms with Crippen LogP contribution in [0.5, 0.6) is 0 Å². The zero-order valence-corrected chi connectivity index (χ0v) is 26.0. The van der Waals surface area contributed by atoms with E-state index in [9.17, 15) is 18.0 Å². The van der Waals surface area contributed by atoms with Crippen molar-refractivity contribution in [3.05, 3.63) is 59.1 Å². The van der Waals surface area contributed by atoms with Crippen molar-refractivity contribution in [1.82, 2.24) is 15.1 Å². The zero-order valence-electron chi connectivity index (χ0n) is 26.0. The van der Waals surface area contributed by atoms with E-state index in [-0.39, 0.29) is 11.7 Å². The molecule has 2 heterocycles. The Morgan fingerprint density at radius 3 is 2.15 bits per heavy atom. The van der Waals surface area contributed by atoms with Crippen molar-refractivity contribution in [2.24, 2.45) is 10.7 Å². The summed E-state index contributed by atoms with van der Waals surface area (Å²) in [5.74, 6) is -0.319.